The summed E-state index contributed by atoms with van der Waals surface area (Å²) >= 11 is 3.44. The van der Waals surface area contributed by atoms with Gasteiger partial charge in [0.15, 0.2) is 0 Å². The van der Waals surface area contributed by atoms with E-state index in [0.29, 0.717) is 0 Å². The molecule has 1 aromatic heterocycles. The summed E-state index contributed by atoms with van der Waals surface area (Å²) in [5.74, 6) is 0.899. The summed E-state index contributed by atoms with van der Waals surface area (Å²) in [6.07, 6.45) is 0. The van der Waals surface area contributed by atoms with E-state index in [1.54, 1.807) is 0 Å². The maximum Gasteiger partial charge on any atom is 0.148 e. The van der Waals surface area contributed by atoms with Crippen molar-refractivity contribution in [1.82, 2.24) is 9.78 Å². The number of nitrogens with two attached hydrogens (primary N) is 1. The molecular formula is C14H19BrN4. The number of hydrogen-bond acceptors (Lipinski definition) is 3. The molecule has 0 radical (unpaired) electrons. The number of hydrogen-bond donors (Lipinski definition) is 2. The van der Waals surface area contributed by atoms with Crippen LogP contribution < -0.4 is 11.1 Å². The molecule has 1 heterocycles. The quantitative estimate of drug-likeness (QED) is 0.901. The van der Waals surface area contributed by atoms with Crippen LogP contribution in [0.2, 0.25) is 0 Å². The van der Waals surface area contributed by atoms with Gasteiger partial charge >= 0.3 is 0 Å². The van der Waals surface area contributed by atoms with Gasteiger partial charge in [-0.2, -0.15) is 5.10 Å². The van der Waals surface area contributed by atoms with Crippen molar-refractivity contribution < 1.29 is 0 Å². The fourth-order valence-corrected chi connectivity index (χ4v) is 2.28. The van der Waals surface area contributed by atoms with Crippen molar-refractivity contribution in [3.8, 4) is 0 Å². The van der Waals surface area contributed by atoms with Crippen LogP contribution in [0.1, 0.15) is 31.1 Å². The molecule has 0 bridgehead atoms. The molecule has 5 heteroatoms. The van der Waals surface area contributed by atoms with E-state index in [4.69, 9.17) is 5.73 Å². The van der Waals surface area contributed by atoms with Crippen molar-refractivity contribution in [1.29, 1.82) is 0 Å². The number of nitrogens with one attached hydrogen (secondary N) is 1. The second kappa shape index (κ2) is 5.65. The first-order chi connectivity index (χ1) is 9.02. The topological polar surface area (TPSA) is 55.9 Å². The Hall–Kier alpha value is -1.49. The Bertz CT molecular complexity index is 560. The Morgan fingerprint density at radius 2 is 2.00 bits per heavy atom. The van der Waals surface area contributed by atoms with Crippen LogP contribution >= 0.6 is 15.9 Å². The second-order valence-electron chi connectivity index (χ2n) is 4.58. The normalized spacial score (nSPS) is 12.4. The molecule has 3 N–H and O–H groups in total. The lowest BCUT2D eigenvalue weighted by molar-refractivity contribution is 0.651. The molecule has 102 valence electrons. The molecule has 0 aliphatic rings. The van der Waals surface area contributed by atoms with Crippen molar-refractivity contribution in [2.75, 3.05) is 11.1 Å². The van der Waals surface area contributed by atoms with Gasteiger partial charge in [-0.15, -0.1) is 0 Å². The smallest absolute Gasteiger partial charge is 0.148 e. The van der Waals surface area contributed by atoms with Gasteiger partial charge in [-0.3, -0.25) is 0 Å². The predicted molar refractivity (Wildman–Crippen MR) is 83.2 cm³/mol. The minimum absolute atomic E-state index is 0.178. The first-order valence-corrected chi connectivity index (χ1v) is 7.17. The fraction of sp³-hybridized carbons (Fsp3) is 0.357. The molecule has 1 aromatic carbocycles. The molecule has 0 saturated carbocycles. The largest absolute Gasteiger partial charge is 0.394 e. The maximum atomic E-state index is 6.08. The third-order valence-corrected chi connectivity index (χ3v) is 3.73. The summed E-state index contributed by atoms with van der Waals surface area (Å²) < 4.78 is 2.98. The van der Waals surface area contributed by atoms with Gasteiger partial charge < -0.3 is 11.1 Å². The Kier molecular flexibility index (Phi) is 4.14. The Balaban J connectivity index is 2.23. The van der Waals surface area contributed by atoms with Gasteiger partial charge in [0, 0.05) is 11.0 Å². The zero-order valence-electron chi connectivity index (χ0n) is 11.4. The van der Waals surface area contributed by atoms with E-state index in [9.17, 15) is 0 Å². The summed E-state index contributed by atoms with van der Waals surface area (Å²) in [6, 6.07) is 8.45. The zero-order chi connectivity index (χ0) is 14.0. The number of rotatable bonds is 4. The molecule has 1 unspecified atom stereocenters. The molecule has 0 spiro atoms. The van der Waals surface area contributed by atoms with Crippen molar-refractivity contribution in [3.05, 3.63) is 40.0 Å². The minimum atomic E-state index is 0.178. The van der Waals surface area contributed by atoms with Gasteiger partial charge in [0.1, 0.15) is 5.82 Å². The summed E-state index contributed by atoms with van der Waals surface area (Å²) in [6.45, 7) is 6.90. The highest BCUT2D eigenvalue weighted by molar-refractivity contribution is 9.10. The molecular weight excluding hydrogens is 304 g/mol. The minimum Gasteiger partial charge on any atom is -0.394 e. The number of halogens is 1. The Morgan fingerprint density at radius 3 is 2.58 bits per heavy atom. The molecule has 4 nitrogen and oxygen atoms in total. The van der Waals surface area contributed by atoms with Gasteiger partial charge in [0.2, 0.25) is 0 Å². The number of nitrogens with zero attached hydrogens (tertiary/aromatic N) is 2. The fourth-order valence-electron chi connectivity index (χ4n) is 2.02. The Morgan fingerprint density at radius 1 is 1.37 bits per heavy atom. The monoisotopic (exact) mass is 322 g/mol. The molecule has 0 saturated heterocycles. The summed E-state index contributed by atoms with van der Waals surface area (Å²) in [4.78, 5) is 0. The summed E-state index contributed by atoms with van der Waals surface area (Å²) in [5.41, 5.74) is 8.88. The Labute approximate surface area is 122 Å². The number of nitrogen functional groups attached to an aromatic ring is 1. The van der Waals surface area contributed by atoms with E-state index in [1.807, 2.05) is 23.7 Å². The average Bonchev–Trinajstić information content (AvgIpc) is 2.67. The van der Waals surface area contributed by atoms with Crippen molar-refractivity contribution in [2.45, 2.75) is 33.4 Å². The van der Waals surface area contributed by atoms with Crippen LogP contribution in [-0.2, 0) is 6.54 Å². The molecule has 2 rings (SSSR count). The van der Waals surface area contributed by atoms with E-state index < -0.39 is 0 Å². The lowest BCUT2D eigenvalue weighted by atomic mass is 10.1. The van der Waals surface area contributed by atoms with Gasteiger partial charge in [0.05, 0.1) is 17.4 Å². The van der Waals surface area contributed by atoms with Crippen molar-refractivity contribution in [3.63, 3.8) is 0 Å². The molecule has 0 fully saturated rings. The van der Waals surface area contributed by atoms with Crippen LogP contribution in [0, 0.1) is 6.92 Å². The number of benzene rings is 1. The zero-order valence-corrected chi connectivity index (χ0v) is 13.0. The highest BCUT2D eigenvalue weighted by Gasteiger charge is 2.14. The van der Waals surface area contributed by atoms with Gasteiger partial charge in [0.25, 0.3) is 0 Å². The molecule has 0 amide bonds. The standard InChI is InChI=1S/C14H19BrN4/c1-4-19-14(13(16)10(3)18-19)17-9(2)11-5-7-12(15)8-6-11/h5-9,17H,4,16H2,1-3H3. The van der Waals surface area contributed by atoms with Crippen LogP contribution in [0.5, 0.6) is 0 Å². The van der Waals surface area contributed by atoms with Gasteiger partial charge in [-0.25, -0.2) is 4.68 Å². The summed E-state index contributed by atoms with van der Waals surface area (Å²) in [5, 5.41) is 7.86. The van der Waals surface area contributed by atoms with Crippen LogP contribution in [0.15, 0.2) is 28.7 Å². The van der Waals surface area contributed by atoms with Crippen LogP contribution in [0.25, 0.3) is 0 Å². The SMILES string of the molecule is CCn1nc(C)c(N)c1NC(C)c1ccc(Br)cc1. The van der Waals surface area contributed by atoms with E-state index in [2.05, 4.69) is 52.3 Å². The maximum absolute atomic E-state index is 6.08. The molecule has 2 aromatic rings. The van der Waals surface area contributed by atoms with Crippen LogP contribution in [0.3, 0.4) is 0 Å². The van der Waals surface area contributed by atoms with Gasteiger partial charge in [-0.1, -0.05) is 28.1 Å². The highest BCUT2D eigenvalue weighted by Crippen LogP contribution is 2.27. The van der Waals surface area contributed by atoms with E-state index in [0.717, 1.165) is 28.2 Å². The lowest BCUT2D eigenvalue weighted by Crippen LogP contribution is -2.12. The second-order valence-corrected chi connectivity index (χ2v) is 5.50. The molecule has 1 atom stereocenters. The lowest BCUT2D eigenvalue weighted by Gasteiger charge is -2.17. The third kappa shape index (κ3) is 2.92. The van der Waals surface area contributed by atoms with Crippen molar-refractivity contribution >= 4 is 27.4 Å². The molecule has 0 aliphatic heterocycles. The first-order valence-electron chi connectivity index (χ1n) is 6.37. The molecule has 0 aliphatic carbocycles. The van der Waals surface area contributed by atoms with E-state index in [-0.39, 0.29) is 6.04 Å². The first kappa shape index (κ1) is 13.9. The van der Waals surface area contributed by atoms with E-state index in [1.165, 1.54) is 5.56 Å². The van der Waals surface area contributed by atoms with E-state index >= 15 is 0 Å². The average molecular weight is 323 g/mol. The highest BCUT2D eigenvalue weighted by atomic mass is 79.9. The number of aromatic nitrogens is 2. The third-order valence-electron chi connectivity index (χ3n) is 3.20. The predicted octanol–water partition coefficient (Wildman–Crippen LogP) is 3.73. The van der Waals surface area contributed by atoms with Crippen molar-refractivity contribution in [2.24, 2.45) is 0 Å². The van der Waals surface area contributed by atoms with Gasteiger partial charge in [-0.05, 0) is 38.5 Å². The number of anilines is 2. The molecule has 19 heavy (non-hydrogen) atoms. The van der Waals surface area contributed by atoms with Crippen LogP contribution in [0.4, 0.5) is 11.5 Å². The summed E-state index contributed by atoms with van der Waals surface area (Å²) in [7, 11) is 0. The number of aryl methyl sites for hydroxylation is 2. The van der Waals surface area contributed by atoms with Crippen LogP contribution in [-0.4, -0.2) is 9.78 Å².